The third-order valence-electron chi connectivity index (χ3n) is 3.62. The number of amides is 1. The van der Waals surface area contributed by atoms with Crippen LogP contribution in [0.3, 0.4) is 0 Å². The zero-order chi connectivity index (χ0) is 17.2. The molecule has 4 rings (SSSR count). The van der Waals surface area contributed by atoms with Crippen LogP contribution in [0.5, 0.6) is 0 Å². The van der Waals surface area contributed by atoms with Crippen LogP contribution in [0.1, 0.15) is 15.9 Å². The summed E-state index contributed by atoms with van der Waals surface area (Å²) in [4.78, 5) is 33.7. The highest BCUT2D eigenvalue weighted by Gasteiger charge is 2.14. The summed E-state index contributed by atoms with van der Waals surface area (Å²) in [6.07, 6.45) is 7.99. The highest BCUT2D eigenvalue weighted by Crippen LogP contribution is 2.10. The number of carbonyl (C=O) groups excluding carboxylic acids is 1. The molecule has 0 bridgehead atoms. The number of nitrogens with zero attached hydrogens (tertiary/aromatic N) is 5. The van der Waals surface area contributed by atoms with Gasteiger partial charge in [-0.2, -0.15) is 5.10 Å². The molecular formula is C16H12N6O2S. The van der Waals surface area contributed by atoms with Gasteiger partial charge in [0.1, 0.15) is 5.56 Å². The van der Waals surface area contributed by atoms with Crippen molar-refractivity contribution < 1.29 is 4.79 Å². The summed E-state index contributed by atoms with van der Waals surface area (Å²) in [6, 6.07) is 5.42. The summed E-state index contributed by atoms with van der Waals surface area (Å²) in [5, 5.41) is 8.65. The number of rotatable bonds is 4. The van der Waals surface area contributed by atoms with E-state index in [9.17, 15) is 9.59 Å². The van der Waals surface area contributed by atoms with Crippen molar-refractivity contribution in [3.63, 3.8) is 0 Å². The first-order valence-corrected chi connectivity index (χ1v) is 8.29. The lowest BCUT2D eigenvalue weighted by Crippen LogP contribution is -2.31. The Morgan fingerprint density at radius 3 is 2.96 bits per heavy atom. The predicted molar refractivity (Wildman–Crippen MR) is 91.9 cm³/mol. The van der Waals surface area contributed by atoms with Crippen molar-refractivity contribution in [1.82, 2.24) is 29.5 Å². The molecule has 9 heteroatoms. The van der Waals surface area contributed by atoms with Crippen LogP contribution >= 0.6 is 11.3 Å². The van der Waals surface area contributed by atoms with Crippen molar-refractivity contribution in [2.24, 2.45) is 0 Å². The lowest BCUT2D eigenvalue weighted by atomic mass is 10.2. The minimum Gasteiger partial charge on any atom is -0.348 e. The molecule has 4 aromatic rings. The molecule has 25 heavy (non-hydrogen) atoms. The molecule has 0 spiro atoms. The van der Waals surface area contributed by atoms with E-state index in [4.69, 9.17) is 0 Å². The second kappa shape index (κ2) is 6.29. The van der Waals surface area contributed by atoms with E-state index in [1.165, 1.54) is 21.9 Å². The number of hydrogen-bond acceptors (Lipinski definition) is 6. The van der Waals surface area contributed by atoms with Crippen LogP contribution in [0.25, 0.3) is 10.8 Å². The Morgan fingerprint density at radius 2 is 2.12 bits per heavy atom. The normalized spacial score (nSPS) is 10.9. The van der Waals surface area contributed by atoms with Gasteiger partial charge in [-0.05, 0) is 12.1 Å². The highest BCUT2D eigenvalue weighted by atomic mass is 32.1. The zero-order valence-corrected chi connectivity index (χ0v) is 13.7. The standard InChI is InChI=1S/C16H12N6O2S/c23-14(12-10-19-16-21(15(12)24)7-8-25-16)18-9-11-3-1-4-17-13(11)22-6-2-5-20-22/h1-8,10H,9H2,(H,18,23). The van der Waals surface area contributed by atoms with E-state index in [1.54, 1.807) is 47.0 Å². The number of aromatic nitrogens is 5. The molecule has 1 N–H and O–H groups in total. The van der Waals surface area contributed by atoms with Gasteiger partial charge >= 0.3 is 0 Å². The molecule has 0 aliphatic rings. The molecule has 8 nitrogen and oxygen atoms in total. The minimum absolute atomic E-state index is 0.000398. The minimum atomic E-state index is -0.478. The van der Waals surface area contributed by atoms with Crippen molar-refractivity contribution >= 4 is 22.2 Å². The summed E-state index contributed by atoms with van der Waals surface area (Å²) >= 11 is 1.33. The first-order chi connectivity index (χ1) is 12.2. The molecule has 0 aliphatic heterocycles. The zero-order valence-electron chi connectivity index (χ0n) is 12.9. The number of fused-ring (bicyclic) bond motifs is 1. The van der Waals surface area contributed by atoms with Gasteiger partial charge in [0.05, 0.1) is 0 Å². The highest BCUT2D eigenvalue weighted by molar-refractivity contribution is 7.15. The Labute approximate surface area is 145 Å². The van der Waals surface area contributed by atoms with E-state index < -0.39 is 5.91 Å². The molecule has 4 heterocycles. The Kier molecular flexibility index (Phi) is 3.82. The van der Waals surface area contributed by atoms with Crippen LogP contribution < -0.4 is 10.9 Å². The first kappa shape index (κ1) is 15.2. The third-order valence-corrected chi connectivity index (χ3v) is 4.39. The van der Waals surface area contributed by atoms with Crippen molar-refractivity contribution in [3.8, 4) is 5.82 Å². The van der Waals surface area contributed by atoms with Crippen molar-refractivity contribution in [3.05, 3.63) is 76.0 Å². The molecular weight excluding hydrogens is 340 g/mol. The first-order valence-electron chi connectivity index (χ1n) is 7.41. The van der Waals surface area contributed by atoms with Crippen LogP contribution in [-0.4, -0.2) is 30.1 Å². The molecule has 1 amide bonds. The summed E-state index contributed by atoms with van der Waals surface area (Å²) in [6.45, 7) is 0.216. The van der Waals surface area contributed by atoms with E-state index >= 15 is 0 Å². The lowest BCUT2D eigenvalue weighted by Gasteiger charge is -2.09. The number of hydrogen-bond donors (Lipinski definition) is 1. The Bertz CT molecular complexity index is 1100. The molecule has 0 fully saturated rings. The number of thiazole rings is 1. The van der Waals surface area contributed by atoms with Gasteiger partial charge in [-0.3, -0.25) is 14.0 Å². The molecule has 0 radical (unpaired) electrons. The molecule has 0 atom stereocenters. The monoisotopic (exact) mass is 352 g/mol. The van der Waals surface area contributed by atoms with Gasteiger partial charge in [0.2, 0.25) is 0 Å². The topological polar surface area (TPSA) is 94.2 Å². The van der Waals surface area contributed by atoms with Gasteiger partial charge < -0.3 is 5.32 Å². The molecule has 124 valence electrons. The van der Waals surface area contributed by atoms with E-state index in [2.05, 4.69) is 20.4 Å². The van der Waals surface area contributed by atoms with Crippen molar-refractivity contribution in [1.29, 1.82) is 0 Å². The van der Waals surface area contributed by atoms with E-state index in [0.29, 0.717) is 10.8 Å². The largest absolute Gasteiger partial charge is 0.348 e. The average Bonchev–Trinajstić information content (AvgIpc) is 3.32. The fraction of sp³-hybridized carbons (Fsp3) is 0.0625. The molecule has 0 saturated carbocycles. The van der Waals surface area contributed by atoms with Gasteiger partial charge in [0.25, 0.3) is 11.5 Å². The smallest absolute Gasteiger partial charge is 0.271 e. The Balaban J connectivity index is 1.58. The van der Waals surface area contributed by atoms with Crippen molar-refractivity contribution in [2.45, 2.75) is 6.54 Å². The second-order valence-corrected chi connectivity index (χ2v) is 6.03. The number of nitrogens with one attached hydrogen (secondary N) is 1. The van der Waals surface area contributed by atoms with Crippen LogP contribution in [-0.2, 0) is 6.54 Å². The van der Waals surface area contributed by atoms with Crippen LogP contribution in [0.2, 0.25) is 0 Å². The average molecular weight is 352 g/mol. The second-order valence-electron chi connectivity index (χ2n) is 5.15. The lowest BCUT2D eigenvalue weighted by molar-refractivity contribution is 0.0949. The maximum atomic E-state index is 12.4. The summed E-state index contributed by atoms with van der Waals surface area (Å²) in [5.41, 5.74) is 0.395. The SMILES string of the molecule is O=C(NCc1cccnc1-n1cccn1)c1cnc2sccn2c1=O. The molecule has 0 saturated heterocycles. The van der Waals surface area contributed by atoms with Gasteiger partial charge in [0.15, 0.2) is 10.8 Å². The van der Waals surface area contributed by atoms with Crippen LogP contribution in [0.15, 0.2) is 59.4 Å². The predicted octanol–water partition coefficient (Wildman–Crippen LogP) is 1.27. The fourth-order valence-electron chi connectivity index (χ4n) is 2.42. The van der Waals surface area contributed by atoms with Crippen LogP contribution in [0, 0.1) is 0 Å². The third kappa shape index (κ3) is 2.81. The molecule has 4 aromatic heterocycles. The maximum Gasteiger partial charge on any atom is 0.271 e. The molecule has 0 aliphatic carbocycles. The van der Waals surface area contributed by atoms with E-state index in [1.807, 2.05) is 6.07 Å². The number of pyridine rings is 1. The van der Waals surface area contributed by atoms with E-state index in [0.717, 1.165) is 5.56 Å². The Morgan fingerprint density at radius 1 is 1.20 bits per heavy atom. The van der Waals surface area contributed by atoms with Gasteiger partial charge in [-0.25, -0.2) is 14.6 Å². The molecule has 0 aromatic carbocycles. The van der Waals surface area contributed by atoms with E-state index in [-0.39, 0.29) is 17.7 Å². The molecule has 0 unspecified atom stereocenters. The summed E-state index contributed by atoms with van der Waals surface area (Å²) < 4.78 is 2.98. The number of carbonyl (C=O) groups is 1. The fourth-order valence-corrected chi connectivity index (χ4v) is 3.09. The van der Waals surface area contributed by atoms with Crippen LogP contribution in [0.4, 0.5) is 0 Å². The van der Waals surface area contributed by atoms with Gasteiger partial charge in [0, 0.05) is 48.5 Å². The maximum absolute atomic E-state index is 12.4. The van der Waals surface area contributed by atoms with Gasteiger partial charge in [-0.15, -0.1) is 11.3 Å². The quantitative estimate of drug-likeness (QED) is 0.597. The Hall–Kier alpha value is -3.33. The van der Waals surface area contributed by atoms with Crippen molar-refractivity contribution in [2.75, 3.05) is 0 Å². The van der Waals surface area contributed by atoms with Gasteiger partial charge in [-0.1, -0.05) is 6.07 Å². The summed E-state index contributed by atoms with van der Waals surface area (Å²) in [7, 11) is 0. The summed E-state index contributed by atoms with van der Waals surface area (Å²) in [5.74, 6) is 0.143.